The summed E-state index contributed by atoms with van der Waals surface area (Å²) < 4.78 is 5.54. The zero-order valence-corrected chi connectivity index (χ0v) is 12.8. The van der Waals surface area contributed by atoms with E-state index in [0.717, 1.165) is 17.9 Å². The minimum absolute atomic E-state index is 0.0799. The number of carbonyl (C=O) groups is 2. The highest BCUT2D eigenvalue weighted by atomic mass is 16.5. The summed E-state index contributed by atoms with van der Waals surface area (Å²) in [5, 5.41) is 2.71. The molecule has 0 aromatic heterocycles. The topological polar surface area (TPSA) is 58.6 Å². The van der Waals surface area contributed by atoms with E-state index in [1.165, 1.54) is 0 Å². The van der Waals surface area contributed by atoms with E-state index in [0.29, 0.717) is 13.0 Å². The smallest absolute Gasteiger partial charge is 0.250 e. The molecule has 2 unspecified atom stereocenters. The number of piperazine rings is 1. The van der Waals surface area contributed by atoms with Crippen molar-refractivity contribution in [2.75, 3.05) is 11.5 Å². The number of nitrogens with zero attached hydrogens (tertiary/aromatic N) is 1. The average Bonchev–Trinajstić information content (AvgIpc) is 2.49. The van der Waals surface area contributed by atoms with E-state index in [4.69, 9.17) is 4.74 Å². The second-order valence-corrected chi connectivity index (χ2v) is 5.20. The normalized spacial score (nSPS) is 22.1. The van der Waals surface area contributed by atoms with Gasteiger partial charge >= 0.3 is 0 Å². The number of hydrogen-bond donors (Lipinski definition) is 1. The molecule has 114 valence electrons. The van der Waals surface area contributed by atoms with Crippen LogP contribution in [0.25, 0.3) is 0 Å². The van der Waals surface area contributed by atoms with E-state index in [1.54, 1.807) is 11.8 Å². The second kappa shape index (κ2) is 6.61. The van der Waals surface area contributed by atoms with E-state index in [-0.39, 0.29) is 11.8 Å². The number of rotatable bonds is 5. The van der Waals surface area contributed by atoms with Gasteiger partial charge in [0.15, 0.2) is 0 Å². The molecule has 0 saturated carbocycles. The number of nitrogens with one attached hydrogen (secondary N) is 1. The highest BCUT2D eigenvalue weighted by molar-refractivity contribution is 6.08. The molecular weight excluding hydrogens is 268 g/mol. The summed E-state index contributed by atoms with van der Waals surface area (Å²) in [7, 11) is 0. The summed E-state index contributed by atoms with van der Waals surface area (Å²) in [6.45, 7) is 6.32. The van der Waals surface area contributed by atoms with Gasteiger partial charge in [0.25, 0.3) is 0 Å². The Bertz CT molecular complexity index is 513. The number of anilines is 1. The highest BCUT2D eigenvalue weighted by Crippen LogP contribution is 2.25. The van der Waals surface area contributed by atoms with Crippen LogP contribution in [0.4, 0.5) is 5.69 Å². The standard InChI is InChI=1S/C16H22N2O3/c1-4-10-21-13-8-6-12(7-9-13)18-14(5-2)15(19)17-11(3)16(18)20/h6-9,11,14H,4-5,10H2,1-3H3,(H,17,19). The number of carbonyl (C=O) groups excluding carboxylic acids is 2. The highest BCUT2D eigenvalue weighted by Gasteiger charge is 2.38. The van der Waals surface area contributed by atoms with Crippen molar-refractivity contribution < 1.29 is 14.3 Å². The summed E-state index contributed by atoms with van der Waals surface area (Å²) in [4.78, 5) is 26.0. The zero-order chi connectivity index (χ0) is 15.4. The van der Waals surface area contributed by atoms with E-state index in [9.17, 15) is 9.59 Å². The van der Waals surface area contributed by atoms with Crippen molar-refractivity contribution in [2.45, 2.75) is 45.7 Å². The molecule has 2 atom stereocenters. The Morgan fingerprint density at radius 3 is 2.43 bits per heavy atom. The van der Waals surface area contributed by atoms with Gasteiger partial charge in [0.05, 0.1) is 6.61 Å². The SMILES string of the molecule is CCCOc1ccc(N2C(=O)C(C)NC(=O)C2CC)cc1. The molecule has 21 heavy (non-hydrogen) atoms. The van der Waals surface area contributed by atoms with Crippen molar-refractivity contribution >= 4 is 17.5 Å². The Balaban J connectivity index is 2.24. The van der Waals surface area contributed by atoms with Gasteiger partial charge < -0.3 is 10.1 Å². The van der Waals surface area contributed by atoms with Crippen LogP contribution >= 0.6 is 0 Å². The number of amides is 2. The molecule has 1 aliphatic heterocycles. The molecule has 0 aliphatic carbocycles. The number of ether oxygens (including phenoxy) is 1. The molecule has 5 heteroatoms. The fraction of sp³-hybridized carbons (Fsp3) is 0.500. The van der Waals surface area contributed by atoms with Crippen LogP contribution < -0.4 is 15.0 Å². The molecule has 1 aliphatic rings. The molecule has 5 nitrogen and oxygen atoms in total. The van der Waals surface area contributed by atoms with E-state index in [1.807, 2.05) is 38.1 Å². The van der Waals surface area contributed by atoms with Crippen molar-refractivity contribution in [3.8, 4) is 5.75 Å². The van der Waals surface area contributed by atoms with E-state index < -0.39 is 12.1 Å². The monoisotopic (exact) mass is 290 g/mol. The molecule has 0 spiro atoms. The first-order chi connectivity index (χ1) is 10.1. The molecule has 0 radical (unpaired) electrons. The molecule has 2 rings (SSSR count). The fourth-order valence-corrected chi connectivity index (χ4v) is 2.45. The van der Waals surface area contributed by atoms with E-state index in [2.05, 4.69) is 5.32 Å². The Kier molecular flexibility index (Phi) is 4.83. The summed E-state index contributed by atoms with van der Waals surface area (Å²) in [6, 6.07) is 6.39. The predicted octanol–water partition coefficient (Wildman–Crippen LogP) is 2.11. The van der Waals surface area contributed by atoms with Crippen LogP contribution in [0.1, 0.15) is 33.6 Å². The lowest BCUT2D eigenvalue weighted by molar-refractivity contribution is -0.133. The van der Waals surface area contributed by atoms with Gasteiger partial charge in [0.2, 0.25) is 11.8 Å². The molecular formula is C16H22N2O3. The lowest BCUT2D eigenvalue weighted by atomic mass is 10.0. The van der Waals surface area contributed by atoms with Crippen LogP contribution in [0, 0.1) is 0 Å². The third-order valence-corrected chi connectivity index (χ3v) is 3.56. The van der Waals surface area contributed by atoms with Crippen LogP contribution in [0.5, 0.6) is 5.75 Å². The summed E-state index contributed by atoms with van der Waals surface area (Å²) in [5.41, 5.74) is 0.734. The largest absolute Gasteiger partial charge is 0.494 e. The second-order valence-electron chi connectivity index (χ2n) is 5.20. The predicted molar refractivity (Wildman–Crippen MR) is 81.4 cm³/mol. The maximum atomic E-state index is 12.4. The molecule has 1 N–H and O–H groups in total. The first-order valence-corrected chi connectivity index (χ1v) is 7.44. The maximum Gasteiger partial charge on any atom is 0.250 e. The number of hydrogen-bond acceptors (Lipinski definition) is 3. The van der Waals surface area contributed by atoms with Crippen molar-refractivity contribution in [2.24, 2.45) is 0 Å². The van der Waals surface area contributed by atoms with Crippen LogP contribution in [0.15, 0.2) is 24.3 Å². The molecule has 1 fully saturated rings. The summed E-state index contributed by atoms with van der Waals surface area (Å²) in [5.74, 6) is 0.593. The van der Waals surface area contributed by atoms with Gasteiger partial charge in [0, 0.05) is 5.69 Å². The first-order valence-electron chi connectivity index (χ1n) is 7.44. The van der Waals surface area contributed by atoms with Gasteiger partial charge in [-0.2, -0.15) is 0 Å². The molecule has 1 aromatic carbocycles. The molecule has 1 aromatic rings. The van der Waals surface area contributed by atoms with Gasteiger partial charge in [-0.15, -0.1) is 0 Å². The van der Waals surface area contributed by atoms with Crippen LogP contribution in [-0.4, -0.2) is 30.5 Å². The van der Waals surface area contributed by atoms with Gasteiger partial charge in [0.1, 0.15) is 17.8 Å². The Hall–Kier alpha value is -2.04. The molecule has 0 bridgehead atoms. The third-order valence-electron chi connectivity index (χ3n) is 3.56. The zero-order valence-electron chi connectivity index (χ0n) is 12.8. The Labute approximate surface area is 125 Å². The van der Waals surface area contributed by atoms with Crippen molar-refractivity contribution in [1.29, 1.82) is 0 Å². The fourth-order valence-electron chi connectivity index (χ4n) is 2.45. The average molecular weight is 290 g/mol. The van der Waals surface area contributed by atoms with Crippen LogP contribution in [0.3, 0.4) is 0 Å². The Morgan fingerprint density at radius 2 is 1.86 bits per heavy atom. The Morgan fingerprint density at radius 1 is 1.19 bits per heavy atom. The molecule has 2 amide bonds. The quantitative estimate of drug-likeness (QED) is 0.903. The van der Waals surface area contributed by atoms with Crippen LogP contribution in [-0.2, 0) is 9.59 Å². The summed E-state index contributed by atoms with van der Waals surface area (Å²) in [6.07, 6.45) is 1.53. The minimum atomic E-state index is -0.490. The van der Waals surface area contributed by atoms with Gasteiger partial charge in [-0.25, -0.2) is 0 Å². The lowest BCUT2D eigenvalue weighted by Gasteiger charge is -2.37. The van der Waals surface area contributed by atoms with Crippen molar-refractivity contribution in [3.05, 3.63) is 24.3 Å². The van der Waals surface area contributed by atoms with Crippen LogP contribution in [0.2, 0.25) is 0 Å². The molecule has 1 saturated heterocycles. The summed E-state index contributed by atoms with van der Waals surface area (Å²) >= 11 is 0. The lowest BCUT2D eigenvalue weighted by Crippen LogP contribution is -2.62. The van der Waals surface area contributed by atoms with Gasteiger partial charge in [-0.1, -0.05) is 13.8 Å². The van der Waals surface area contributed by atoms with Gasteiger partial charge in [-0.3, -0.25) is 14.5 Å². The van der Waals surface area contributed by atoms with Crippen molar-refractivity contribution in [1.82, 2.24) is 5.32 Å². The maximum absolute atomic E-state index is 12.4. The first kappa shape index (κ1) is 15.4. The molecule has 1 heterocycles. The minimum Gasteiger partial charge on any atom is -0.494 e. The third kappa shape index (κ3) is 3.17. The number of benzene rings is 1. The van der Waals surface area contributed by atoms with Gasteiger partial charge in [-0.05, 0) is 44.0 Å². The van der Waals surface area contributed by atoms with E-state index >= 15 is 0 Å². The van der Waals surface area contributed by atoms with Crippen molar-refractivity contribution in [3.63, 3.8) is 0 Å².